The van der Waals surface area contributed by atoms with Crippen LogP contribution >= 0.6 is 0 Å². The molecular weight excluding hydrogens is 240 g/mol. The van der Waals surface area contributed by atoms with Gasteiger partial charge in [-0.05, 0) is 24.0 Å². The predicted octanol–water partition coefficient (Wildman–Crippen LogP) is 1.33. The molecule has 17 heavy (non-hydrogen) atoms. The van der Waals surface area contributed by atoms with Gasteiger partial charge >= 0.3 is 0 Å². The van der Waals surface area contributed by atoms with Gasteiger partial charge in [0.25, 0.3) is 10.1 Å². The lowest BCUT2D eigenvalue weighted by atomic mass is 10.0. The first-order chi connectivity index (χ1) is 7.96. The second-order valence-electron chi connectivity index (χ2n) is 4.19. The molecule has 0 saturated heterocycles. The Bertz CT molecular complexity index is 546. The third kappa shape index (κ3) is 3.14. The predicted molar refractivity (Wildman–Crippen MR) is 63.6 cm³/mol. The van der Waals surface area contributed by atoms with Crippen molar-refractivity contribution in [1.29, 1.82) is 0 Å². The quantitative estimate of drug-likeness (QED) is 0.761. The molecule has 0 heterocycles. The summed E-state index contributed by atoms with van der Waals surface area (Å²) in [4.78, 5) is 11.4. The smallest absolute Gasteiger partial charge is 0.264 e. The number of carbonyl (C=O) groups is 1. The summed E-state index contributed by atoms with van der Waals surface area (Å²) in [6, 6.07) is 5.64. The zero-order valence-corrected chi connectivity index (χ0v) is 10.4. The lowest BCUT2D eigenvalue weighted by Crippen LogP contribution is -2.06. The minimum Gasteiger partial charge on any atom is -0.294 e. The molecule has 0 unspecified atom stereocenters. The molecule has 0 amide bonds. The van der Waals surface area contributed by atoms with Gasteiger partial charge in [0.15, 0.2) is 5.78 Å². The minimum absolute atomic E-state index is 0.144. The van der Waals surface area contributed by atoms with Gasteiger partial charge in [0.2, 0.25) is 0 Å². The van der Waals surface area contributed by atoms with E-state index in [2.05, 4.69) is 4.18 Å². The molecule has 0 radical (unpaired) electrons. The van der Waals surface area contributed by atoms with Crippen molar-refractivity contribution in [2.75, 3.05) is 12.9 Å². The molecule has 0 N–H and O–H groups in total. The van der Waals surface area contributed by atoms with Crippen LogP contribution in [0.1, 0.15) is 27.9 Å². The van der Waals surface area contributed by atoms with Crippen LogP contribution in [-0.2, 0) is 27.1 Å². The molecule has 2 rings (SSSR count). The van der Waals surface area contributed by atoms with E-state index in [1.54, 1.807) is 0 Å². The van der Waals surface area contributed by atoms with Gasteiger partial charge in [0.05, 0.1) is 12.9 Å². The zero-order valence-electron chi connectivity index (χ0n) is 9.60. The van der Waals surface area contributed by atoms with E-state index in [-0.39, 0.29) is 12.4 Å². The normalized spacial score (nSPS) is 15.0. The maximum atomic E-state index is 11.4. The Hall–Kier alpha value is -1.20. The summed E-state index contributed by atoms with van der Waals surface area (Å²) in [6.45, 7) is 0.144. The first-order valence-electron chi connectivity index (χ1n) is 5.45. The van der Waals surface area contributed by atoms with Crippen LogP contribution < -0.4 is 0 Å². The van der Waals surface area contributed by atoms with Crippen molar-refractivity contribution in [3.8, 4) is 0 Å². The molecule has 0 spiro atoms. The highest BCUT2D eigenvalue weighted by atomic mass is 32.2. The third-order valence-electron chi connectivity index (χ3n) is 2.78. The van der Waals surface area contributed by atoms with Crippen molar-refractivity contribution in [3.63, 3.8) is 0 Å². The number of hydrogen-bond donors (Lipinski definition) is 0. The van der Waals surface area contributed by atoms with E-state index in [1.165, 1.54) is 0 Å². The molecule has 1 aromatic rings. The van der Waals surface area contributed by atoms with E-state index < -0.39 is 10.1 Å². The summed E-state index contributed by atoms with van der Waals surface area (Å²) in [5.41, 5.74) is 2.87. The molecule has 4 nitrogen and oxygen atoms in total. The number of carbonyl (C=O) groups excluding carboxylic acids is 1. The SMILES string of the molecule is CS(=O)(=O)OCCc1ccc2c(c1)CCC2=O. The number of rotatable bonds is 4. The molecular formula is C12H14O4S. The fourth-order valence-corrected chi connectivity index (χ4v) is 2.36. The van der Waals surface area contributed by atoms with E-state index >= 15 is 0 Å². The Balaban J connectivity index is 2.02. The van der Waals surface area contributed by atoms with Gasteiger partial charge in [-0.15, -0.1) is 0 Å². The number of benzene rings is 1. The van der Waals surface area contributed by atoms with Crippen LogP contribution in [0.3, 0.4) is 0 Å². The number of ketones is 1. The maximum Gasteiger partial charge on any atom is 0.264 e. The van der Waals surface area contributed by atoms with Crippen molar-refractivity contribution < 1.29 is 17.4 Å². The fraction of sp³-hybridized carbons (Fsp3) is 0.417. The summed E-state index contributed by atoms with van der Waals surface area (Å²) in [5, 5.41) is 0. The van der Waals surface area contributed by atoms with E-state index in [4.69, 9.17) is 0 Å². The van der Waals surface area contributed by atoms with E-state index in [1.807, 2.05) is 18.2 Å². The molecule has 0 bridgehead atoms. The zero-order chi connectivity index (χ0) is 12.5. The molecule has 0 saturated carbocycles. The van der Waals surface area contributed by atoms with E-state index in [9.17, 15) is 13.2 Å². The maximum absolute atomic E-state index is 11.4. The Morgan fingerprint density at radius 1 is 1.29 bits per heavy atom. The van der Waals surface area contributed by atoms with Crippen LogP contribution in [0.15, 0.2) is 18.2 Å². The average Bonchev–Trinajstić information content (AvgIpc) is 2.58. The highest BCUT2D eigenvalue weighted by Crippen LogP contribution is 2.23. The lowest BCUT2D eigenvalue weighted by Gasteiger charge is -2.04. The Morgan fingerprint density at radius 2 is 2.06 bits per heavy atom. The average molecular weight is 254 g/mol. The molecule has 0 aliphatic heterocycles. The first-order valence-corrected chi connectivity index (χ1v) is 7.27. The summed E-state index contributed by atoms with van der Waals surface area (Å²) in [7, 11) is -3.37. The Morgan fingerprint density at radius 3 is 2.76 bits per heavy atom. The van der Waals surface area contributed by atoms with Gasteiger partial charge in [-0.3, -0.25) is 8.98 Å². The van der Waals surface area contributed by atoms with Crippen LogP contribution in [-0.4, -0.2) is 27.1 Å². The summed E-state index contributed by atoms with van der Waals surface area (Å²) >= 11 is 0. The minimum atomic E-state index is -3.37. The van der Waals surface area contributed by atoms with E-state index in [0.29, 0.717) is 12.8 Å². The third-order valence-corrected chi connectivity index (χ3v) is 3.37. The van der Waals surface area contributed by atoms with Crippen LogP contribution in [0.5, 0.6) is 0 Å². The van der Waals surface area contributed by atoms with Crippen LogP contribution in [0.2, 0.25) is 0 Å². The molecule has 92 valence electrons. The van der Waals surface area contributed by atoms with Crippen molar-refractivity contribution in [3.05, 3.63) is 34.9 Å². The summed E-state index contributed by atoms with van der Waals surface area (Å²) < 4.78 is 26.2. The topological polar surface area (TPSA) is 60.4 Å². The standard InChI is InChI=1S/C12H14O4S/c1-17(14,15)16-7-6-9-2-4-11-10(8-9)3-5-12(11)13/h2,4,8H,3,5-7H2,1H3. The Kier molecular flexibility index (Phi) is 3.31. The Labute approximate surface area is 101 Å². The largest absolute Gasteiger partial charge is 0.294 e. The van der Waals surface area contributed by atoms with Gasteiger partial charge in [-0.1, -0.05) is 18.2 Å². The van der Waals surface area contributed by atoms with Crippen molar-refractivity contribution in [2.45, 2.75) is 19.3 Å². The monoisotopic (exact) mass is 254 g/mol. The lowest BCUT2D eigenvalue weighted by molar-refractivity contribution is 0.0994. The molecule has 5 heteroatoms. The van der Waals surface area contributed by atoms with Crippen molar-refractivity contribution in [1.82, 2.24) is 0 Å². The highest BCUT2D eigenvalue weighted by Gasteiger charge is 2.19. The van der Waals surface area contributed by atoms with Gasteiger partial charge in [0, 0.05) is 12.0 Å². The molecule has 0 aromatic heterocycles. The molecule has 1 aliphatic carbocycles. The first kappa shape index (κ1) is 12.3. The van der Waals surface area contributed by atoms with Crippen LogP contribution in [0, 0.1) is 0 Å². The van der Waals surface area contributed by atoms with Crippen molar-refractivity contribution >= 4 is 15.9 Å². The second-order valence-corrected chi connectivity index (χ2v) is 5.83. The van der Waals surface area contributed by atoms with Gasteiger partial charge < -0.3 is 0 Å². The van der Waals surface area contributed by atoms with Gasteiger partial charge in [-0.25, -0.2) is 0 Å². The van der Waals surface area contributed by atoms with Crippen LogP contribution in [0.4, 0.5) is 0 Å². The number of fused-ring (bicyclic) bond motifs is 1. The fourth-order valence-electron chi connectivity index (χ4n) is 1.98. The highest BCUT2D eigenvalue weighted by molar-refractivity contribution is 7.85. The van der Waals surface area contributed by atoms with Crippen LogP contribution in [0.25, 0.3) is 0 Å². The number of aryl methyl sites for hydroxylation is 1. The molecule has 0 atom stereocenters. The summed E-state index contributed by atoms with van der Waals surface area (Å²) in [5.74, 6) is 0.193. The summed E-state index contributed by atoms with van der Waals surface area (Å²) in [6.07, 6.45) is 2.94. The number of Topliss-reactive ketones (excluding diaryl/α,β-unsaturated/α-hetero) is 1. The van der Waals surface area contributed by atoms with Gasteiger partial charge in [-0.2, -0.15) is 8.42 Å². The molecule has 1 aliphatic rings. The molecule has 1 aromatic carbocycles. The molecule has 0 fully saturated rings. The van der Waals surface area contributed by atoms with E-state index in [0.717, 1.165) is 29.4 Å². The van der Waals surface area contributed by atoms with Crippen molar-refractivity contribution in [2.24, 2.45) is 0 Å². The number of hydrogen-bond acceptors (Lipinski definition) is 4. The van der Waals surface area contributed by atoms with Gasteiger partial charge in [0.1, 0.15) is 0 Å². The second kappa shape index (κ2) is 4.58.